The van der Waals surface area contributed by atoms with Gasteiger partial charge >= 0.3 is 0 Å². The van der Waals surface area contributed by atoms with E-state index in [1.807, 2.05) is 18.2 Å². The van der Waals surface area contributed by atoms with Gasteiger partial charge in [-0.3, -0.25) is 4.79 Å². The van der Waals surface area contributed by atoms with Crippen LogP contribution < -0.4 is 0 Å². The molecule has 0 N–H and O–H groups in total. The van der Waals surface area contributed by atoms with Crippen LogP contribution >= 0.6 is 11.3 Å². The third-order valence-electron chi connectivity index (χ3n) is 3.47. The van der Waals surface area contributed by atoms with Crippen LogP contribution in [0.5, 0.6) is 0 Å². The van der Waals surface area contributed by atoms with Crippen molar-refractivity contribution in [3.8, 4) is 0 Å². The molecule has 0 radical (unpaired) electrons. The van der Waals surface area contributed by atoms with E-state index in [0.29, 0.717) is 18.1 Å². The third-order valence-corrected chi connectivity index (χ3v) is 4.51. The van der Waals surface area contributed by atoms with Gasteiger partial charge in [0.2, 0.25) is 0 Å². The molecule has 3 heteroatoms. The second-order valence-corrected chi connectivity index (χ2v) is 5.81. The van der Waals surface area contributed by atoms with Crippen LogP contribution in [0.15, 0.2) is 24.3 Å². The number of fused-ring (bicyclic) bond motifs is 1. The fraction of sp³-hybridized carbons (Fsp3) is 0.429. The molecule has 0 spiro atoms. The average Bonchev–Trinajstić information content (AvgIpc) is 2.97. The summed E-state index contributed by atoms with van der Waals surface area (Å²) < 4.78 is 1.18. The highest BCUT2D eigenvalue weighted by molar-refractivity contribution is 7.18. The van der Waals surface area contributed by atoms with Crippen molar-refractivity contribution in [3.05, 3.63) is 29.3 Å². The van der Waals surface area contributed by atoms with Crippen molar-refractivity contribution in [2.24, 2.45) is 5.92 Å². The highest BCUT2D eigenvalue weighted by Gasteiger charge is 2.23. The summed E-state index contributed by atoms with van der Waals surface area (Å²) >= 11 is 1.65. The molecular formula is C14H15NOS. The molecule has 17 heavy (non-hydrogen) atoms. The van der Waals surface area contributed by atoms with Crippen LogP contribution in [0, 0.1) is 5.92 Å². The zero-order valence-electron chi connectivity index (χ0n) is 9.69. The van der Waals surface area contributed by atoms with E-state index in [-0.39, 0.29) is 0 Å². The van der Waals surface area contributed by atoms with Gasteiger partial charge in [-0.1, -0.05) is 25.0 Å². The molecule has 0 unspecified atom stereocenters. The lowest BCUT2D eigenvalue weighted by atomic mass is 10.0. The molecule has 0 amide bonds. The average molecular weight is 245 g/mol. The summed E-state index contributed by atoms with van der Waals surface area (Å²) in [5, 5.41) is 0.975. The molecule has 2 nitrogen and oxygen atoms in total. The molecular weight excluding hydrogens is 230 g/mol. The zero-order chi connectivity index (χ0) is 11.7. The summed E-state index contributed by atoms with van der Waals surface area (Å²) in [6.45, 7) is 0. The highest BCUT2D eigenvalue weighted by atomic mass is 32.1. The molecule has 1 saturated carbocycles. The van der Waals surface area contributed by atoms with Gasteiger partial charge in [-0.05, 0) is 25.0 Å². The predicted molar refractivity (Wildman–Crippen MR) is 70.3 cm³/mol. The molecule has 2 aromatic rings. The van der Waals surface area contributed by atoms with Crippen LogP contribution in [-0.4, -0.2) is 10.8 Å². The Morgan fingerprint density at radius 3 is 2.82 bits per heavy atom. The number of thiazole rings is 1. The predicted octanol–water partition coefficient (Wildman–Crippen LogP) is 3.60. The van der Waals surface area contributed by atoms with E-state index in [0.717, 1.165) is 23.4 Å². The second kappa shape index (κ2) is 4.57. The number of Topliss-reactive ketones (excluding diaryl/α,β-unsaturated/α-hetero) is 1. The number of hydrogen-bond donors (Lipinski definition) is 0. The number of aromatic nitrogens is 1. The van der Waals surface area contributed by atoms with Gasteiger partial charge in [0, 0.05) is 5.92 Å². The van der Waals surface area contributed by atoms with E-state index in [1.165, 1.54) is 17.5 Å². The maximum absolute atomic E-state index is 12.1. The van der Waals surface area contributed by atoms with Crippen LogP contribution in [0.25, 0.3) is 10.2 Å². The molecule has 1 heterocycles. The van der Waals surface area contributed by atoms with Crippen molar-refractivity contribution < 1.29 is 4.79 Å². The minimum atomic E-state index is 0.307. The van der Waals surface area contributed by atoms with Crippen molar-refractivity contribution in [2.75, 3.05) is 0 Å². The number of rotatable bonds is 3. The number of para-hydroxylation sites is 1. The Morgan fingerprint density at radius 2 is 2.06 bits per heavy atom. The monoisotopic (exact) mass is 245 g/mol. The lowest BCUT2D eigenvalue weighted by Gasteiger charge is -2.04. The molecule has 0 bridgehead atoms. The molecule has 0 atom stereocenters. The second-order valence-electron chi connectivity index (χ2n) is 4.70. The topological polar surface area (TPSA) is 30.0 Å². The van der Waals surface area contributed by atoms with Crippen molar-refractivity contribution >= 4 is 27.3 Å². The van der Waals surface area contributed by atoms with E-state index in [2.05, 4.69) is 11.1 Å². The van der Waals surface area contributed by atoms with Crippen LogP contribution in [-0.2, 0) is 11.2 Å². The summed E-state index contributed by atoms with van der Waals surface area (Å²) in [6, 6.07) is 8.08. The van der Waals surface area contributed by atoms with Gasteiger partial charge in [0.1, 0.15) is 10.8 Å². The lowest BCUT2D eigenvalue weighted by molar-refractivity contribution is -0.122. The quantitative estimate of drug-likeness (QED) is 0.827. The number of carbonyl (C=O) groups excluding carboxylic acids is 1. The molecule has 1 aliphatic rings. The van der Waals surface area contributed by atoms with Crippen molar-refractivity contribution in [2.45, 2.75) is 32.1 Å². The first-order chi connectivity index (χ1) is 8.33. The summed E-state index contributed by atoms with van der Waals surface area (Å²) in [7, 11) is 0. The van der Waals surface area contributed by atoms with Gasteiger partial charge in [0.05, 0.1) is 16.6 Å². The molecule has 1 fully saturated rings. The number of nitrogens with zero attached hydrogens (tertiary/aromatic N) is 1. The molecule has 3 rings (SSSR count). The fourth-order valence-electron chi connectivity index (χ4n) is 2.54. The Balaban J connectivity index is 1.77. The first-order valence-corrected chi connectivity index (χ1v) is 7.02. The Bertz CT molecular complexity index is 507. The molecule has 1 aromatic heterocycles. The normalized spacial score (nSPS) is 16.7. The Hall–Kier alpha value is -1.22. The van der Waals surface area contributed by atoms with Crippen LogP contribution in [0.1, 0.15) is 30.7 Å². The lowest BCUT2D eigenvalue weighted by Crippen LogP contribution is -2.13. The van der Waals surface area contributed by atoms with E-state index in [9.17, 15) is 4.79 Å². The van der Waals surface area contributed by atoms with E-state index < -0.39 is 0 Å². The minimum Gasteiger partial charge on any atom is -0.299 e. The standard InChI is InChI=1S/C14H15NOS/c16-12(10-5-1-2-6-10)9-14-15-11-7-3-4-8-13(11)17-14/h3-4,7-8,10H,1-2,5-6,9H2. The van der Waals surface area contributed by atoms with Gasteiger partial charge in [0.15, 0.2) is 0 Å². The van der Waals surface area contributed by atoms with Crippen LogP contribution in [0.2, 0.25) is 0 Å². The van der Waals surface area contributed by atoms with Gasteiger partial charge in [-0.25, -0.2) is 4.98 Å². The Labute approximate surface area is 105 Å². The maximum Gasteiger partial charge on any atom is 0.142 e. The summed E-state index contributed by atoms with van der Waals surface area (Å²) in [5.41, 5.74) is 1.02. The summed E-state index contributed by atoms with van der Waals surface area (Å²) in [4.78, 5) is 16.6. The molecule has 88 valence electrons. The van der Waals surface area contributed by atoms with Crippen LogP contribution in [0.3, 0.4) is 0 Å². The van der Waals surface area contributed by atoms with Gasteiger partial charge < -0.3 is 0 Å². The van der Waals surface area contributed by atoms with Gasteiger partial charge in [0.25, 0.3) is 0 Å². The van der Waals surface area contributed by atoms with Crippen LogP contribution in [0.4, 0.5) is 0 Å². The Morgan fingerprint density at radius 1 is 1.29 bits per heavy atom. The largest absolute Gasteiger partial charge is 0.299 e. The Kier molecular flexibility index (Phi) is 2.93. The highest BCUT2D eigenvalue weighted by Crippen LogP contribution is 2.28. The van der Waals surface area contributed by atoms with E-state index in [4.69, 9.17) is 0 Å². The van der Waals surface area contributed by atoms with Gasteiger partial charge in [-0.15, -0.1) is 11.3 Å². The zero-order valence-corrected chi connectivity index (χ0v) is 10.5. The SMILES string of the molecule is O=C(Cc1nc2ccccc2s1)C1CCCC1. The first kappa shape index (κ1) is 10.9. The molecule has 0 aliphatic heterocycles. The van der Waals surface area contributed by atoms with E-state index in [1.54, 1.807) is 11.3 Å². The maximum atomic E-state index is 12.1. The van der Waals surface area contributed by atoms with Crippen molar-refractivity contribution in [1.82, 2.24) is 4.98 Å². The van der Waals surface area contributed by atoms with E-state index >= 15 is 0 Å². The molecule has 0 saturated heterocycles. The minimum absolute atomic E-state index is 0.307. The fourth-order valence-corrected chi connectivity index (χ4v) is 3.51. The van der Waals surface area contributed by atoms with Crippen molar-refractivity contribution in [1.29, 1.82) is 0 Å². The number of hydrogen-bond acceptors (Lipinski definition) is 3. The summed E-state index contributed by atoms with van der Waals surface area (Å²) in [6.07, 6.45) is 5.14. The molecule has 1 aliphatic carbocycles. The molecule has 1 aromatic carbocycles. The first-order valence-electron chi connectivity index (χ1n) is 6.20. The number of carbonyl (C=O) groups is 1. The smallest absolute Gasteiger partial charge is 0.142 e. The summed E-state index contributed by atoms with van der Waals surface area (Å²) in [5.74, 6) is 0.698. The number of benzene rings is 1. The third kappa shape index (κ3) is 2.25. The number of ketones is 1. The van der Waals surface area contributed by atoms with Gasteiger partial charge in [-0.2, -0.15) is 0 Å². The van der Waals surface area contributed by atoms with Crippen molar-refractivity contribution in [3.63, 3.8) is 0 Å².